The molecular weight excluding hydrogens is 300 g/mol. The predicted molar refractivity (Wildman–Crippen MR) is 92.2 cm³/mol. The van der Waals surface area contributed by atoms with Crippen molar-refractivity contribution >= 4 is 11.6 Å². The molecule has 0 aromatic carbocycles. The maximum absolute atomic E-state index is 12.3. The number of aliphatic hydroxyl groups is 1. The van der Waals surface area contributed by atoms with Gasteiger partial charge in [0.25, 0.3) is 0 Å². The molecule has 0 spiro atoms. The normalized spacial score (nSPS) is 47.5. The van der Waals surface area contributed by atoms with Gasteiger partial charge in [-0.1, -0.05) is 19.1 Å². The van der Waals surface area contributed by atoms with E-state index in [1.165, 1.54) is 12.5 Å². The van der Waals surface area contributed by atoms with Gasteiger partial charge in [-0.05, 0) is 80.8 Å². The van der Waals surface area contributed by atoms with Crippen molar-refractivity contribution in [3.63, 3.8) is 0 Å². The number of ketones is 2. The molecular formula is C21H28O3. The van der Waals surface area contributed by atoms with Gasteiger partial charge < -0.3 is 5.11 Å². The second kappa shape index (κ2) is 5.14. The molecule has 3 saturated carbocycles. The molecule has 4 aliphatic rings. The van der Waals surface area contributed by atoms with E-state index >= 15 is 0 Å². The highest BCUT2D eigenvalue weighted by Crippen LogP contribution is 2.66. The number of Topliss-reactive ketones (excluding diaryl/α,β-unsaturated/α-hetero) is 1. The fraction of sp³-hybridized carbons (Fsp3) is 0.714. The second-order valence-corrected chi connectivity index (χ2v) is 8.83. The summed E-state index contributed by atoms with van der Waals surface area (Å²) in [6.45, 7) is 7.73. The maximum atomic E-state index is 12.3. The summed E-state index contributed by atoms with van der Waals surface area (Å²) in [5, 5.41) is 11.2. The third-order valence-corrected chi connectivity index (χ3v) is 8.00. The summed E-state index contributed by atoms with van der Waals surface area (Å²) in [6, 6.07) is 0. The highest BCUT2D eigenvalue weighted by molar-refractivity contribution is 5.91. The van der Waals surface area contributed by atoms with E-state index in [0.717, 1.165) is 44.1 Å². The van der Waals surface area contributed by atoms with Crippen LogP contribution in [0.4, 0.5) is 0 Å². The largest absolute Gasteiger partial charge is 0.377 e. The fourth-order valence-electron chi connectivity index (χ4n) is 6.79. The SMILES string of the molecule is C=C1C[C@H]2[C@@H]3CCC4=CC(=O)CC[C@@H]4[C@H]3CC[C@]2(C)[C@@]1(O)C(C)=O. The summed E-state index contributed by atoms with van der Waals surface area (Å²) < 4.78 is 0. The van der Waals surface area contributed by atoms with Crippen molar-refractivity contribution in [3.05, 3.63) is 23.8 Å². The molecule has 0 saturated heterocycles. The second-order valence-electron chi connectivity index (χ2n) is 8.83. The first-order chi connectivity index (χ1) is 11.3. The van der Waals surface area contributed by atoms with Gasteiger partial charge in [0.1, 0.15) is 5.60 Å². The molecule has 130 valence electrons. The van der Waals surface area contributed by atoms with Gasteiger partial charge in [-0.2, -0.15) is 0 Å². The molecule has 0 aliphatic heterocycles. The molecule has 0 unspecified atom stereocenters. The Labute approximate surface area is 144 Å². The van der Waals surface area contributed by atoms with Gasteiger partial charge in [-0.25, -0.2) is 0 Å². The Morgan fingerprint density at radius 2 is 2.00 bits per heavy atom. The van der Waals surface area contributed by atoms with Gasteiger partial charge in [-0.3, -0.25) is 9.59 Å². The maximum Gasteiger partial charge on any atom is 0.166 e. The average molecular weight is 328 g/mol. The predicted octanol–water partition coefficient (Wildman–Crippen LogP) is 3.61. The number of carbonyl (C=O) groups excluding carboxylic acids is 2. The fourth-order valence-corrected chi connectivity index (χ4v) is 6.79. The van der Waals surface area contributed by atoms with Crippen LogP contribution in [0.15, 0.2) is 23.8 Å². The number of hydrogen-bond donors (Lipinski definition) is 1. The zero-order chi connectivity index (χ0) is 17.3. The molecule has 0 radical (unpaired) electrons. The summed E-state index contributed by atoms with van der Waals surface area (Å²) in [4.78, 5) is 24.1. The van der Waals surface area contributed by atoms with Gasteiger partial charge in [0.05, 0.1) is 0 Å². The number of carbonyl (C=O) groups is 2. The Bertz CT molecular complexity index is 660. The highest BCUT2D eigenvalue weighted by Gasteiger charge is 2.65. The van der Waals surface area contributed by atoms with Crippen molar-refractivity contribution < 1.29 is 14.7 Å². The summed E-state index contributed by atoms with van der Waals surface area (Å²) in [6.07, 6.45) is 8.39. The molecule has 24 heavy (non-hydrogen) atoms. The molecule has 3 fully saturated rings. The third-order valence-electron chi connectivity index (χ3n) is 8.00. The van der Waals surface area contributed by atoms with Crippen molar-refractivity contribution in [1.82, 2.24) is 0 Å². The van der Waals surface area contributed by atoms with Crippen molar-refractivity contribution in [2.75, 3.05) is 0 Å². The molecule has 6 atom stereocenters. The van der Waals surface area contributed by atoms with Gasteiger partial charge in [0.15, 0.2) is 11.6 Å². The highest BCUT2D eigenvalue weighted by atomic mass is 16.3. The van der Waals surface area contributed by atoms with E-state index in [9.17, 15) is 14.7 Å². The lowest BCUT2D eigenvalue weighted by Gasteiger charge is -2.55. The third kappa shape index (κ3) is 1.88. The first-order valence-corrected chi connectivity index (χ1v) is 9.44. The Morgan fingerprint density at radius 1 is 1.25 bits per heavy atom. The zero-order valence-electron chi connectivity index (χ0n) is 14.8. The van der Waals surface area contributed by atoms with Crippen LogP contribution in [0.25, 0.3) is 0 Å². The summed E-state index contributed by atoms with van der Waals surface area (Å²) in [5.41, 5.74) is 0.377. The van der Waals surface area contributed by atoms with Crippen LogP contribution in [0.3, 0.4) is 0 Å². The van der Waals surface area contributed by atoms with E-state index in [0.29, 0.717) is 35.9 Å². The van der Waals surface area contributed by atoms with Gasteiger partial charge in [0, 0.05) is 11.8 Å². The smallest absolute Gasteiger partial charge is 0.166 e. The summed E-state index contributed by atoms with van der Waals surface area (Å²) >= 11 is 0. The van der Waals surface area contributed by atoms with Crippen LogP contribution in [-0.4, -0.2) is 22.3 Å². The lowest BCUT2D eigenvalue weighted by molar-refractivity contribution is -0.152. The molecule has 3 heteroatoms. The van der Waals surface area contributed by atoms with Crippen LogP contribution in [0.5, 0.6) is 0 Å². The first kappa shape index (κ1) is 16.3. The van der Waals surface area contributed by atoms with Crippen molar-refractivity contribution in [3.8, 4) is 0 Å². The van der Waals surface area contributed by atoms with Gasteiger partial charge >= 0.3 is 0 Å². The molecule has 3 nitrogen and oxygen atoms in total. The van der Waals surface area contributed by atoms with Crippen LogP contribution >= 0.6 is 0 Å². The van der Waals surface area contributed by atoms with E-state index in [-0.39, 0.29) is 11.2 Å². The van der Waals surface area contributed by atoms with E-state index in [1.54, 1.807) is 0 Å². The van der Waals surface area contributed by atoms with E-state index < -0.39 is 5.60 Å². The lowest BCUT2D eigenvalue weighted by Crippen LogP contribution is -2.56. The summed E-state index contributed by atoms with van der Waals surface area (Å²) in [7, 11) is 0. The molecule has 0 aromatic rings. The quantitative estimate of drug-likeness (QED) is 0.748. The number of allylic oxidation sites excluding steroid dienone is 1. The molecule has 0 heterocycles. The Kier molecular flexibility index (Phi) is 3.48. The van der Waals surface area contributed by atoms with Crippen LogP contribution in [0.2, 0.25) is 0 Å². The number of rotatable bonds is 1. The minimum Gasteiger partial charge on any atom is -0.377 e. The topological polar surface area (TPSA) is 54.4 Å². The van der Waals surface area contributed by atoms with Crippen LogP contribution in [0.1, 0.15) is 58.8 Å². The minimum absolute atomic E-state index is 0.143. The standard InChI is InChI=1S/C21H28O3/c1-12-10-19-18-6-4-14-11-15(23)5-7-16(14)17(18)8-9-20(19,3)21(12,24)13(2)22/h11,16-19,24H,1,4-10H2,2-3H3/t16-,17+,18+,19-,20-,21-/m0/s1. The monoisotopic (exact) mass is 328 g/mol. The van der Waals surface area contributed by atoms with Gasteiger partial charge in [0.2, 0.25) is 0 Å². The lowest BCUT2D eigenvalue weighted by atomic mass is 9.50. The molecule has 4 rings (SSSR count). The Balaban J connectivity index is 1.69. The number of fused-ring (bicyclic) bond motifs is 5. The first-order valence-electron chi connectivity index (χ1n) is 9.44. The van der Waals surface area contributed by atoms with E-state index in [4.69, 9.17) is 0 Å². The molecule has 0 amide bonds. The van der Waals surface area contributed by atoms with E-state index in [1.807, 2.05) is 6.08 Å². The van der Waals surface area contributed by atoms with Crippen molar-refractivity contribution in [1.29, 1.82) is 0 Å². The molecule has 1 N–H and O–H groups in total. The molecule has 4 aliphatic carbocycles. The Morgan fingerprint density at radius 3 is 2.71 bits per heavy atom. The summed E-state index contributed by atoms with van der Waals surface area (Å²) in [5.74, 6) is 2.20. The van der Waals surface area contributed by atoms with Crippen molar-refractivity contribution in [2.24, 2.45) is 29.1 Å². The zero-order valence-corrected chi connectivity index (χ0v) is 14.8. The van der Waals surface area contributed by atoms with Crippen LogP contribution < -0.4 is 0 Å². The van der Waals surface area contributed by atoms with Crippen LogP contribution in [0, 0.1) is 29.1 Å². The van der Waals surface area contributed by atoms with Crippen LogP contribution in [-0.2, 0) is 9.59 Å². The number of hydrogen-bond acceptors (Lipinski definition) is 3. The Hall–Kier alpha value is -1.22. The van der Waals surface area contributed by atoms with Gasteiger partial charge in [-0.15, -0.1) is 0 Å². The van der Waals surface area contributed by atoms with Crippen molar-refractivity contribution in [2.45, 2.75) is 64.4 Å². The van der Waals surface area contributed by atoms with E-state index in [2.05, 4.69) is 13.5 Å². The molecule has 0 bridgehead atoms. The molecule has 0 aromatic heterocycles. The minimum atomic E-state index is -1.35. The average Bonchev–Trinajstić information content (AvgIpc) is 2.75.